The van der Waals surface area contributed by atoms with E-state index in [0.717, 1.165) is 0 Å². The molecule has 1 heterocycles. The fraction of sp³-hybridized carbons (Fsp3) is 0. The summed E-state index contributed by atoms with van der Waals surface area (Å²) < 4.78 is 13.1. The predicted octanol–water partition coefficient (Wildman–Crippen LogP) is 3.73. The van der Waals surface area contributed by atoms with Gasteiger partial charge in [-0.3, -0.25) is 14.6 Å². The Kier molecular flexibility index (Phi) is 4.80. The van der Waals surface area contributed by atoms with Crippen LogP contribution >= 0.6 is 0 Å². The number of hydrogen-bond donors (Lipinski definition) is 2. The zero-order valence-corrected chi connectivity index (χ0v) is 13.1. The SMILES string of the molecule is O=C(Nc1cccc(F)c1)c1ccc(NC(=O)c2ccccn2)cc1. The topological polar surface area (TPSA) is 71.1 Å². The van der Waals surface area contributed by atoms with Crippen LogP contribution in [0.25, 0.3) is 0 Å². The van der Waals surface area contributed by atoms with Gasteiger partial charge in [0.1, 0.15) is 11.5 Å². The third kappa shape index (κ3) is 4.26. The van der Waals surface area contributed by atoms with E-state index in [2.05, 4.69) is 15.6 Å². The Labute approximate surface area is 143 Å². The van der Waals surface area contributed by atoms with Crippen molar-refractivity contribution in [3.63, 3.8) is 0 Å². The van der Waals surface area contributed by atoms with Crippen LogP contribution < -0.4 is 10.6 Å². The third-order valence-corrected chi connectivity index (χ3v) is 3.38. The number of amides is 2. The highest BCUT2D eigenvalue weighted by atomic mass is 19.1. The van der Waals surface area contributed by atoms with Gasteiger partial charge in [0.25, 0.3) is 11.8 Å². The summed E-state index contributed by atoms with van der Waals surface area (Å²) in [6, 6.07) is 17.1. The van der Waals surface area contributed by atoms with Crippen molar-refractivity contribution >= 4 is 23.2 Å². The number of carbonyl (C=O) groups excluding carboxylic acids is 2. The lowest BCUT2D eigenvalue weighted by atomic mass is 10.2. The molecule has 0 saturated heterocycles. The van der Waals surface area contributed by atoms with Gasteiger partial charge in [0, 0.05) is 23.1 Å². The maximum atomic E-state index is 13.1. The van der Waals surface area contributed by atoms with E-state index in [9.17, 15) is 14.0 Å². The molecule has 3 rings (SSSR count). The number of nitrogens with one attached hydrogen (secondary N) is 2. The number of aromatic nitrogens is 1. The maximum Gasteiger partial charge on any atom is 0.274 e. The second-order valence-corrected chi connectivity index (χ2v) is 5.21. The summed E-state index contributed by atoms with van der Waals surface area (Å²) in [5, 5.41) is 5.31. The van der Waals surface area contributed by atoms with Crippen LogP contribution in [-0.4, -0.2) is 16.8 Å². The second-order valence-electron chi connectivity index (χ2n) is 5.21. The van der Waals surface area contributed by atoms with E-state index in [1.165, 1.54) is 24.4 Å². The molecule has 0 atom stereocenters. The lowest BCUT2D eigenvalue weighted by Crippen LogP contribution is -2.14. The Morgan fingerprint density at radius 1 is 0.800 bits per heavy atom. The zero-order chi connectivity index (χ0) is 17.6. The van der Waals surface area contributed by atoms with Gasteiger partial charge in [-0.05, 0) is 54.6 Å². The van der Waals surface area contributed by atoms with Crippen molar-refractivity contribution in [2.45, 2.75) is 0 Å². The largest absolute Gasteiger partial charge is 0.322 e. The van der Waals surface area contributed by atoms with Crippen LogP contribution in [0.4, 0.5) is 15.8 Å². The lowest BCUT2D eigenvalue weighted by Gasteiger charge is -2.07. The number of benzene rings is 2. The molecule has 0 aliphatic carbocycles. The molecule has 5 nitrogen and oxygen atoms in total. The average Bonchev–Trinajstić information content (AvgIpc) is 2.63. The van der Waals surface area contributed by atoms with Crippen LogP contribution in [0.1, 0.15) is 20.8 Å². The van der Waals surface area contributed by atoms with Crippen LogP contribution in [0, 0.1) is 5.82 Å². The third-order valence-electron chi connectivity index (χ3n) is 3.38. The van der Waals surface area contributed by atoms with Crippen molar-refractivity contribution in [3.8, 4) is 0 Å². The summed E-state index contributed by atoms with van der Waals surface area (Å²) in [6.07, 6.45) is 1.54. The number of anilines is 2. The molecule has 2 amide bonds. The van der Waals surface area contributed by atoms with Crippen molar-refractivity contribution in [3.05, 3.63) is 90.0 Å². The summed E-state index contributed by atoms with van der Waals surface area (Å²) in [6.45, 7) is 0. The average molecular weight is 335 g/mol. The molecule has 124 valence electrons. The van der Waals surface area contributed by atoms with Gasteiger partial charge < -0.3 is 10.6 Å². The molecule has 2 N–H and O–H groups in total. The summed E-state index contributed by atoms with van der Waals surface area (Å²) in [4.78, 5) is 28.1. The van der Waals surface area contributed by atoms with E-state index in [4.69, 9.17) is 0 Å². The smallest absolute Gasteiger partial charge is 0.274 e. The molecule has 0 saturated carbocycles. The summed E-state index contributed by atoms with van der Waals surface area (Å²) >= 11 is 0. The number of nitrogens with zero attached hydrogens (tertiary/aromatic N) is 1. The Bertz CT molecular complexity index is 896. The van der Waals surface area contributed by atoms with Crippen LogP contribution in [0.15, 0.2) is 72.9 Å². The summed E-state index contributed by atoms with van der Waals surface area (Å²) in [7, 11) is 0. The van der Waals surface area contributed by atoms with Gasteiger partial charge in [-0.2, -0.15) is 0 Å². The van der Waals surface area contributed by atoms with Gasteiger partial charge in [-0.1, -0.05) is 12.1 Å². The van der Waals surface area contributed by atoms with Crippen molar-refractivity contribution in [2.75, 3.05) is 10.6 Å². The van der Waals surface area contributed by atoms with Crippen molar-refractivity contribution in [1.82, 2.24) is 4.98 Å². The monoisotopic (exact) mass is 335 g/mol. The molecule has 1 aromatic heterocycles. The molecule has 0 aliphatic rings. The molecule has 3 aromatic rings. The van der Waals surface area contributed by atoms with Gasteiger partial charge in [-0.15, -0.1) is 0 Å². The molecule has 0 spiro atoms. The fourth-order valence-corrected chi connectivity index (χ4v) is 2.17. The molecule has 0 unspecified atom stereocenters. The van der Waals surface area contributed by atoms with Gasteiger partial charge in [0.05, 0.1) is 0 Å². The maximum absolute atomic E-state index is 13.1. The summed E-state index contributed by atoms with van der Waals surface area (Å²) in [5.74, 6) is -1.13. The predicted molar refractivity (Wildman–Crippen MR) is 93.0 cm³/mol. The Hall–Kier alpha value is -3.54. The van der Waals surface area contributed by atoms with Crippen molar-refractivity contribution < 1.29 is 14.0 Å². The first kappa shape index (κ1) is 16.3. The highest BCUT2D eigenvalue weighted by Crippen LogP contribution is 2.14. The van der Waals surface area contributed by atoms with Gasteiger partial charge >= 0.3 is 0 Å². The number of hydrogen-bond acceptors (Lipinski definition) is 3. The van der Waals surface area contributed by atoms with E-state index in [0.29, 0.717) is 22.6 Å². The van der Waals surface area contributed by atoms with Crippen LogP contribution in [0.2, 0.25) is 0 Å². The molecule has 0 radical (unpaired) electrons. The zero-order valence-electron chi connectivity index (χ0n) is 13.1. The molecular formula is C19H14FN3O2. The van der Waals surface area contributed by atoms with E-state index >= 15 is 0 Å². The Balaban J connectivity index is 1.65. The van der Waals surface area contributed by atoms with E-state index in [1.807, 2.05) is 0 Å². The summed E-state index contributed by atoms with van der Waals surface area (Å²) in [5.41, 5.74) is 1.60. The van der Waals surface area contributed by atoms with Crippen LogP contribution in [0.5, 0.6) is 0 Å². The molecule has 0 bridgehead atoms. The quantitative estimate of drug-likeness (QED) is 0.763. The normalized spacial score (nSPS) is 10.1. The first-order valence-corrected chi connectivity index (χ1v) is 7.51. The minimum absolute atomic E-state index is 0.301. The highest BCUT2D eigenvalue weighted by Gasteiger charge is 2.09. The highest BCUT2D eigenvalue weighted by molar-refractivity contribution is 6.05. The van der Waals surface area contributed by atoms with E-state index in [-0.39, 0.29) is 11.8 Å². The van der Waals surface area contributed by atoms with Gasteiger partial charge in [0.15, 0.2) is 0 Å². The molecule has 25 heavy (non-hydrogen) atoms. The molecular weight excluding hydrogens is 321 g/mol. The number of carbonyl (C=O) groups is 2. The standard InChI is InChI=1S/C19H14FN3O2/c20-14-4-3-5-16(12-14)23-18(24)13-7-9-15(10-8-13)22-19(25)17-6-1-2-11-21-17/h1-12H,(H,22,25)(H,23,24). The molecule has 6 heteroatoms. The first-order chi connectivity index (χ1) is 12.1. The minimum Gasteiger partial charge on any atom is -0.322 e. The Morgan fingerprint density at radius 2 is 1.56 bits per heavy atom. The van der Waals surface area contributed by atoms with Crippen LogP contribution in [-0.2, 0) is 0 Å². The van der Waals surface area contributed by atoms with Gasteiger partial charge in [-0.25, -0.2) is 4.39 Å². The lowest BCUT2D eigenvalue weighted by molar-refractivity contribution is 0.101. The molecule has 0 aliphatic heterocycles. The fourth-order valence-electron chi connectivity index (χ4n) is 2.17. The second kappa shape index (κ2) is 7.35. The van der Waals surface area contributed by atoms with E-state index in [1.54, 1.807) is 48.5 Å². The first-order valence-electron chi connectivity index (χ1n) is 7.51. The Morgan fingerprint density at radius 3 is 2.24 bits per heavy atom. The van der Waals surface area contributed by atoms with Crippen LogP contribution in [0.3, 0.4) is 0 Å². The molecule has 0 fully saturated rings. The number of rotatable bonds is 4. The number of pyridine rings is 1. The van der Waals surface area contributed by atoms with Crippen molar-refractivity contribution in [2.24, 2.45) is 0 Å². The van der Waals surface area contributed by atoms with Crippen molar-refractivity contribution in [1.29, 1.82) is 0 Å². The number of halogens is 1. The van der Waals surface area contributed by atoms with Gasteiger partial charge in [0.2, 0.25) is 0 Å². The minimum atomic E-state index is -0.426. The molecule has 2 aromatic carbocycles. The van der Waals surface area contributed by atoms with E-state index < -0.39 is 5.82 Å².